The van der Waals surface area contributed by atoms with E-state index < -0.39 is 0 Å². The third-order valence-electron chi connectivity index (χ3n) is 2.42. The van der Waals surface area contributed by atoms with Gasteiger partial charge in [0.05, 0.1) is 19.1 Å². The standard InChI is InChI=1S/C13H18N2O3/c1-3-18-13(17)7-6-12(16)15-10(2)11-5-4-8-14-9-11/h4-5,8-10H,3,6-7H2,1-2H3,(H,15,16)/t10-/m0/s1. The predicted octanol–water partition coefficient (Wildman–Crippen LogP) is 1.60. The molecule has 0 aliphatic heterocycles. The summed E-state index contributed by atoms with van der Waals surface area (Å²) in [6.07, 6.45) is 3.64. The number of carbonyl (C=O) groups is 2. The van der Waals surface area contributed by atoms with E-state index in [0.717, 1.165) is 5.56 Å². The van der Waals surface area contributed by atoms with Gasteiger partial charge in [0.25, 0.3) is 0 Å². The van der Waals surface area contributed by atoms with E-state index >= 15 is 0 Å². The lowest BCUT2D eigenvalue weighted by Gasteiger charge is -2.13. The number of nitrogens with zero attached hydrogens (tertiary/aromatic N) is 1. The highest BCUT2D eigenvalue weighted by Crippen LogP contribution is 2.10. The molecule has 1 N–H and O–H groups in total. The van der Waals surface area contributed by atoms with Crippen molar-refractivity contribution in [3.63, 3.8) is 0 Å². The summed E-state index contributed by atoms with van der Waals surface area (Å²) in [5.74, 6) is -0.513. The van der Waals surface area contributed by atoms with Crippen molar-refractivity contribution in [2.75, 3.05) is 6.61 Å². The van der Waals surface area contributed by atoms with E-state index in [0.29, 0.717) is 6.61 Å². The van der Waals surface area contributed by atoms with E-state index in [4.69, 9.17) is 4.74 Å². The first-order chi connectivity index (χ1) is 8.63. The molecule has 1 rings (SSSR count). The van der Waals surface area contributed by atoms with Gasteiger partial charge < -0.3 is 10.1 Å². The molecular weight excluding hydrogens is 232 g/mol. The normalized spacial score (nSPS) is 11.7. The summed E-state index contributed by atoms with van der Waals surface area (Å²) >= 11 is 0. The van der Waals surface area contributed by atoms with Crippen LogP contribution in [0.1, 0.15) is 38.3 Å². The number of hydrogen-bond acceptors (Lipinski definition) is 4. The molecular formula is C13H18N2O3. The van der Waals surface area contributed by atoms with Crippen molar-refractivity contribution in [2.24, 2.45) is 0 Å². The van der Waals surface area contributed by atoms with Gasteiger partial charge in [0, 0.05) is 18.8 Å². The van der Waals surface area contributed by atoms with Crippen molar-refractivity contribution in [3.8, 4) is 0 Å². The van der Waals surface area contributed by atoms with Gasteiger partial charge >= 0.3 is 5.97 Å². The highest BCUT2D eigenvalue weighted by molar-refractivity contribution is 5.81. The third kappa shape index (κ3) is 4.95. The van der Waals surface area contributed by atoms with Gasteiger partial charge in [-0.1, -0.05) is 6.07 Å². The molecule has 98 valence electrons. The van der Waals surface area contributed by atoms with Crippen LogP contribution < -0.4 is 5.32 Å². The second kappa shape index (κ2) is 7.42. The lowest BCUT2D eigenvalue weighted by atomic mass is 10.1. The minimum Gasteiger partial charge on any atom is -0.466 e. The van der Waals surface area contributed by atoms with Crippen molar-refractivity contribution in [3.05, 3.63) is 30.1 Å². The number of esters is 1. The molecule has 1 heterocycles. The Kier molecular flexibility index (Phi) is 5.84. The van der Waals surface area contributed by atoms with Gasteiger partial charge in [0.15, 0.2) is 0 Å². The van der Waals surface area contributed by atoms with E-state index in [1.54, 1.807) is 19.3 Å². The SMILES string of the molecule is CCOC(=O)CCC(=O)N[C@@H](C)c1cccnc1. The average molecular weight is 250 g/mol. The Morgan fingerprint density at radius 2 is 2.22 bits per heavy atom. The van der Waals surface area contributed by atoms with E-state index in [9.17, 15) is 9.59 Å². The number of nitrogens with one attached hydrogen (secondary N) is 1. The minimum absolute atomic E-state index is 0.111. The van der Waals surface area contributed by atoms with E-state index in [1.165, 1.54) is 0 Å². The fourth-order valence-corrected chi connectivity index (χ4v) is 1.48. The fourth-order valence-electron chi connectivity index (χ4n) is 1.48. The van der Waals surface area contributed by atoms with Gasteiger partial charge in [-0.15, -0.1) is 0 Å². The number of aromatic nitrogens is 1. The zero-order chi connectivity index (χ0) is 13.4. The van der Waals surface area contributed by atoms with E-state index in [1.807, 2.05) is 19.1 Å². The van der Waals surface area contributed by atoms with E-state index in [-0.39, 0.29) is 30.8 Å². The highest BCUT2D eigenvalue weighted by atomic mass is 16.5. The van der Waals surface area contributed by atoms with Crippen molar-refractivity contribution in [1.29, 1.82) is 0 Å². The molecule has 5 nitrogen and oxygen atoms in total. The molecule has 0 saturated carbocycles. The Morgan fingerprint density at radius 3 is 2.83 bits per heavy atom. The Hall–Kier alpha value is -1.91. The van der Waals surface area contributed by atoms with Gasteiger partial charge in [0.2, 0.25) is 5.91 Å². The molecule has 0 bridgehead atoms. The van der Waals surface area contributed by atoms with Crippen molar-refractivity contribution < 1.29 is 14.3 Å². The molecule has 1 aromatic heterocycles. The Morgan fingerprint density at radius 1 is 1.44 bits per heavy atom. The predicted molar refractivity (Wildman–Crippen MR) is 66.7 cm³/mol. The quantitative estimate of drug-likeness (QED) is 0.779. The van der Waals surface area contributed by atoms with Gasteiger partial charge in [-0.2, -0.15) is 0 Å². The van der Waals surface area contributed by atoms with Crippen molar-refractivity contribution in [1.82, 2.24) is 10.3 Å². The number of hydrogen-bond donors (Lipinski definition) is 1. The van der Waals surface area contributed by atoms with Crippen LogP contribution in [-0.2, 0) is 14.3 Å². The second-order valence-corrected chi connectivity index (χ2v) is 3.88. The molecule has 1 atom stereocenters. The lowest BCUT2D eigenvalue weighted by molar-refractivity contribution is -0.144. The molecule has 0 aliphatic carbocycles. The summed E-state index contributed by atoms with van der Waals surface area (Å²) in [6.45, 7) is 3.95. The Balaban J connectivity index is 2.34. The van der Waals surface area contributed by atoms with Crippen LogP contribution in [0.25, 0.3) is 0 Å². The number of pyridine rings is 1. The lowest BCUT2D eigenvalue weighted by Crippen LogP contribution is -2.27. The van der Waals surface area contributed by atoms with Crippen LogP contribution >= 0.6 is 0 Å². The summed E-state index contributed by atoms with van der Waals surface area (Å²) in [5, 5.41) is 2.81. The molecule has 0 fully saturated rings. The molecule has 0 spiro atoms. The summed E-state index contributed by atoms with van der Waals surface area (Å²) in [6, 6.07) is 3.59. The molecule has 0 aliphatic rings. The van der Waals surface area contributed by atoms with Crippen LogP contribution in [0, 0.1) is 0 Å². The number of ether oxygens (including phenoxy) is 1. The highest BCUT2D eigenvalue weighted by Gasteiger charge is 2.11. The van der Waals surface area contributed by atoms with Gasteiger partial charge in [-0.25, -0.2) is 0 Å². The first kappa shape index (κ1) is 14.2. The van der Waals surface area contributed by atoms with Crippen LogP contribution in [0.3, 0.4) is 0 Å². The summed E-state index contributed by atoms with van der Waals surface area (Å²) in [4.78, 5) is 26.7. The Labute approximate surface area is 107 Å². The first-order valence-corrected chi connectivity index (χ1v) is 5.98. The average Bonchev–Trinajstić information content (AvgIpc) is 2.38. The summed E-state index contributed by atoms with van der Waals surface area (Å²) in [7, 11) is 0. The van der Waals surface area contributed by atoms with Crippen molar-refractivity contribution in [2.45, 2.75) is 32.7 Å². The molecule has 0 unspecified atom stereocenters. The maximum atomic E-state index is 11.6. The maximum Gasteiger partial charge on any atom is 0.306 e. The molecule has 0 radical (unpaired) electrons. The number of carbonyl (C=O) groups excluding carboxylic acids is 2. The second-order valence-electron chi connectivity index (χ2n) is 3.88. The summed E-state index contributed by atoms with van der Waals surface area (Å²) in [5.41, 5.74) is 0.932. The molecule has 5 heteroatoms. The van der Waals surface area contributed by atoms with Crippen LogP contribution in [0.4, 0.5) is 0 Å². The molecule has 1 aromatic rings. The van der Waals surface area contributed by atoms with Crippen molar-refractivity contribution >= 4 is 11.9 Å². The van der Waals surface area contributed by atoms with Crippen LogP contribution in [0.5, 0.6) is 0 Å². The topological polar surface area (TPSA) is 68.3 Å². The van der Waals surface area contributed by atoms with Gasteiger partial charge in [0.1, 0.15) is 0 Å². The van der Waals surface area contributed by atoms with Crippen LogP contribution in [0.2, 0.25) is 0 Å². The minimum atomic E-state index is -0.346. The largest absolute Gasteiger partial charge is 0.466 e. The monoisotopic (exact) mass is 250 g/mol. The molecule has 0 saturated heterocycles. The van der Waals surface area contributed by atoms with Crippen LogP contribution in [0.15, 0.2) is 24.5 Å². The number of rotatable bonds is 6. The van der Waals surface area contributed by atoms with Gasteiger partial charge in [-0.05, 0) is 25.5 Å². The zero-order valence-electron chi connectivity index (χ0n) is 10.7. The molecule has 18 heavy (non-hydrogen) atoms. The summed E-state index contributed by atoms with van der Waals surface area (Å²) < 4.78 is 4.75. The number of amides is 1. The Bertz CT molecular complexity index is 392. The first-order valence-electron chi connectivity index (χ1n) is 5.98. The molecule has 0 aromatic carbocycles. The molecule has 1 amide bonds. The van der Waals surface area contributed by atoms with Crippen LogP contribution in [-0.4, -0.2) is 23.5 Å². The third-order valence-corrected chi connectivity index (χ3v) is 2.42. The van der Waals surface area contributed by atoms with E-state index in [2.05, 4.69) is 10.3 Å². The van der Waals surface area contributed by atoms with Gasteiger partial charge in [-0.3, -0.25) is 14.6 Å². The fraction of sp³-hybridized carbons (Fsp3) is 0.462. The zero-order valence-corrected chi connectivity index (χ0v) is 10.7. The smallest absolute Gasteiger partial charge is 0.306 e. The maximum absolute atomic E-state index is 11.6.